The summed E-state index contributed by atoms with van der Waals surface area (Å²) < 4.78 is 72.6. The molecule has 12 heteroatoms. The predicted octanol–water partition coefficient (Wildman–Crippen LogP) is 7.05. The van der Waals surface area contributed by atoms with Crippen LogP contribution < -0.4 is 0 Å². The molecule has 0 radical (unpaired) electrons. The standard InChI is InChI=1S/2C9H16F3N2.2Cu/c2*1-6(9(10,11)12)13-7(2)14-8(3,4)5;;/h2*6H,1-5H3;;/q2*-1;2*+1. The van der Waals surface area contributed by atoms with E-state index < -0.39 is 24.4 Å². The van der Waals surface area contributed by atoms with Crippen molar-refractivity contribution in [3.8, 4) is 0 Å². The zero-order chi connectivity index (χ0) is 23.1. The Morgan fingerprint density at radius 1 is 0.600 bits per heavy atom. The Balaban J connectivity index is -0.000000211. The molecular formula is C18H32Cu2F6N4. The van der Waals surface area contributed by atoms with Crippen LogP contribution in [0.5, 0.6) is 0 Å². The van der Waals surface area contributed by atoms with Crippen LogP contribution in [0.1, 0.15) is 69.2 Å². The average Bonchev–Trinajstić information content (AvgIpc) is 2.31. The van der Waals surface area contributed by atoms with E-state index in [-0.39, 0.29) is 56.9 Å². The Morgan fingerprint density at radius 3 is 0.933 bits per heavy atom. The van der Waals surface area contributed by atoms with Gasteiger partial charge in [0.25, 0.3) is 0 Å². The number of halogens is 6. The molecule has 188 valence electrons. The summed E-state index contributed by atoms with van der Waals surface area (Å²) in [5.41, 5.74) is -0.780. The van der Waals surface area contributed by atoms with Gasteiger partial charge in [0.05, 0.1) is 12.1 Å². The molecule has 0 saturated heterocycles. The third kappa shape index (κ3) is 22.2. The second-order valence-corrected chi connectivity index (χ2v) is 8.35. The molecule has 0 spiro atoms. The first kappa shape index (κ1) is 36.9. The van der Waals surface area contributed by atoms with Crippen LogP contribution >= 0.6 is 0 Å². The van der Waals surface area contributed by atoms with E-state index in [9.17, 15) is 26.3 Å². The molecule has 0 N–H and O–H groups in total. The van der Waals surface area contributed by atoms with E-state index in [1.165, 1.54) is 13.8 Å². The Kier molecular flexibility index (Phi) is 17.1. The third-order valence-corrected chi connectivity index (χ3v) is 2.70. The summed E-state index contributed by atoms with van der Waals surface area (Å²) in [6.07, 6.45) is -8.57. The molecule has 0 aromatic rings. The van der Waals surface area contributed by atoms with Gasteiger partial charge in [0, 0.05) is 0 Å². The van der Waals surface area contributed by atoms with Crippen molar-refractivity contribution in [2.45, 2.75) is 105 Å². The molecule has 2 unspecified atom stereocenters. The third-order valence-electron chi connectivity index (χ3n) is 2.70. The van der Waals surface area contributed by atoms with Gasteiger partial charge in [-0.3, -0.25) is 0 Å². The summed E-state index contributed by atoms with van der Waals surface area (Å²) in [6.45, 7) is 15.8. The molecular weight excluding hydrogens is 513 g/mol. The quantitative estimate of drug-likeness (QED) is 0.155. The fourth-order valence-corrected chi connectivity index (χ4v) is 1.74. The van der Waals surface area contributed by atoms with Crippen molar-refractivity contribution < 1.29 is 60.5 Å². The fourth-order valence-electron chi connectivity index (χ4n) is 1.74. The maximum absolute atomic E-state index is 12.1. The van der Waals surface area contributed by atoms with Gasteiger partial charge in [-0.05, 0) is 24.9 Å². The van der Waals surface area contributed by atoms with E-state index in [2.05, 4.69) is 20.6 Å². The topological polar surface area (TPSA) is 52.9 Å². The summed E-state index contributed by atoms with van der Waals surface area (Å²) in [4.78, 5) is 8.03. The second-order valence-electron chi connectivity index (χ2n) is 8.35. The van der Waals surface area contributed by atoms with Gasteiger partial charge in [-0.15, -0.1) is 0 Å². The maximum Gasteiger partial charge on any atom is 1.00 e. The summed E-state index contributed by atoms with van der Waals surface area (Å²) in [7, 11) is 0. The van der Waals surface area contributed by atoms with Gasteiger partial charge in [-0.1, -0.05) is 67.1 Å². The van der Waals surface area contributed by atoms with E-state index in [1.807, 2.05) is 41.5 Å². The van der Waals surface area contributed by atoms with Crippen molar-refractivity contribution in [3.63, 3.8) is 0 Å². The number of nitrogens with zero attached hydrogens (tertiary/aromatic N) is 4. The number of amidine groups is 2. The molecule has 0 amide bonds. The van der Waals surface area contributed by atoms with Gasteiger partial charge in [-0.25, -0.2) is 0 Å². The number of hydrogen-bond donors (Lipinski definition) is 0. The molecule has 0 saturated carbocycles. The normalized spacial score (nSPS) is 15.6. The molecule has 2 atom stereocenters. The SMILES string of the molecule is CC(=NC(C)(C)C)[N-]C(C)C(F)(F)F.CC(=NC(C)(C)C)[N-]C(C)C(F)(F)F.[Cu+].[Cu+]. The van der Waals surface area contributed by atoms with Gasteiger partial charge in [0.1, 0.15) is 0 Å². The minimum Gasteiger partial charge on any atom is -0.464 e. The molecule has 30 heavy (non-hydrogen) atoms. The first-order valence-electron chi connectivity index (χ1n) is 8.72. The minimum atomic E-state index is -4.28. The Labute approximate surface area is 197 Å². The van der Waals surface area contributed by atoms with Crippen molar-refractivity contribution in [1.29, 1.82) is 0 Å². The average molecular weight is 546 g/mol. The molecule has 0 aliphatic heterocycles. The molecule has 0 fully saturated rings. The smallest absolute Gasteiger partial charge is 0.464 e. The molecule has 0 heterocycles. The summed E-state index contributed by atoms with van der Waals surface area (Å²) >= 11 is 0. The van der Waals surface area contributed by atoms with E-state index in [0.29, 0.717) is 0 Å². The molecule has 0 bridgehead atoms. The van der Waals surface area contributed by atoms with Crippen LogP contribution in [-0.2, 0) is 34.1 Å². The van der Waals surface area contributed by atoms with Crippen LogP contribution in [0.4, 0.5) is 26.3 Å². The van der Waals surface area contributed by atoms with Crippen molar-refractivity contribution >= 4 is 11.7 Å². The van der Waals surface area contributed by atoms with Crippen molar-refractivity contribution in [1.82, 2.24) is 0 Å². The number of rotatable bonds is 2. The van der Waals surface area contributed by atoms with E-state index >= 15 is 0 Å². The first-order chi connectivity index (χ1) is 12.0. The van der Waals surface area contributed by atoms with E-state index in [0.717, 1.165) is 13.8 Å². The molecule has 0 aromatic heterocycles. The summed E-state index contributed by atoms with van der Waals surface area (Å²) in [5.74, 6) is 0.365. The van der Waals surface area contributed by atoms with E-state index in [4.69, 9.17) is 0 Å². The van der Waals surface area contributed by atoms with Gasteiger partial charge >= 0.3 is 46.5 Å². The first-order valence-corrected chi connectivity index (χ1v) is 8.72. The van der Waals surface area contributed by atoms with Crippen LogP contribution in [-0.4, -0.2) is 47.2 Å². The Morgan fingerprint density at radius 2 is 0.800 bits per heavy atom. The van der Waals surface area contributed by atoms with Gasteiger partial charge in [0.15, 0.2) is 0 Å². The molecule has 0 rings (SSSR count). The van der Waals surface area contributed by atoms with Crippen molar-refractivity contribution in [2.75, 3.05) is 0 Å². The zero-order valence-electron chi connectivity index (χ0n) is 18.8. The van der Waals surface area contributed by atoms with Crippen LogP contribution in [0.25, 0.3) is 10.6 Å². The van der Waals surface area contributed by atoms with Crippen LogP contribution in [0.15, 0.2) is 9.98 Å². The zero-order valence-corrected chi connectivity index (χ0v) is 20.7. The predicted molar refractivity (Wildman–Crippen MR) is 103 cm³/mol. The van der Waals surface area contributed by atoms with Crippen molar-refractivity contribution in [3.05, 3.63) is 10.6 Å². The summed E-state index contributed by atoms with van der Waals surface area (Å²) in [5, 5.41) is 6.92. The van der Waals surface area contributed by atoms with Gasteiger partial charge < -0.3 is 20.6 Å². The van der Waals surface area contributed by atoms with Gasteiger partial charge in [0.2, 0.25) is 0 Å². The molecule has 0 aromatic carbocycles. The summed E-state index contributed by atoms with van der Waals surface area (Å²) in [6, 6.07) is -3.37. The molecule has 0 aliphatic carbocycles. The second kappa shape index (κ2) is 13.9. The van der Waals surface area contributed by atoms with Gasteiger partial charge in [-0.2, -0.15) is 26.3 Å². The van der Waals surface area contributed by atoms with Crippen LogP contribution in [0, 0.1) is 0 Å². The van der Waals surface area contributed by atoms with Crippen LogP contribution in [0.2, 0.25) is 0 Å². The van der Waals surface area contributed by atoms with E-state index in [1.54, 1.807) is 0 Å². The Hall–Kier alpha value is -0.441. The molecule has 0 aliphatic rings. The minimum absolute atomic E-state index is 0. The number of alkyl halides is 6. The monoisotopic (exact) mass is 544 g/mol. The Bertz CT molecular complexity index is 485. The fraction of sp³-hybridized carbons (Fsp3) is 0.889. The maximum atomic E-state index is 12.1. The van der Waals surface area contributed by atoms with Crippen LogP contribution in [0.3, 0.4) is 0 Å². The molecule has 4 nitrogen and oxygen atoms in total. The number of hydrogen-bond acceptors (Lipinski definition) is 2. The largest absolute Gasteiger partial charge is 1.00 e. The van der Waals surface area contributed by atoms with Crippen molar-refractivity contribution in [2.24, 2.45) is 9.98 Å². The number of aliphatic imine (C=N–C) groups is 2.